The van der Waals surface area contributed by atoms with E-state index < -0.39 is 0 Å². The lowest BCUT2D eigenvalue weighted by molar-refractivity contribution is 0.318. The summed E-state index contributed by atoms with van der Waals surface area (Å²) < 4.78 is 1.10. The number of hydrogen-bond donors (Lipinski definition) is 1. The molecule has 0 aromatic carbocycles. The van der Waals surface area contributed by atoms with Gasteiger partial charge in [-0.1, -0.05) is 49.8 Å². The van der Waals surface area contributed by atoms with E-state index in [1.54, 1.807) is 11.3 Å². The second kappa shape index (κ2) is 7.64. The van der Waals surface area contributed by atoms with Crippen molar-refractivity contribution < 1.29 is 0 Å². The number of thiol groups is 1. The van der Waals surface area contributed by atoms with Gasteiger partial charge in [-0.05, 0) is 30.9 Å². The molecule has 0 radical (unpaired) electrons. The molecule has 0 unspecified atom stereocenters. The summed E-state index contributed by atoms with van der Waals surface area (Å²) in [6.07, 6.45) is 4.98. The maximum absolute atomic E-state index is 4.58. The van der Waals surface area contributed by atoms with Gasteiger partial charge in [0.2, 0.25) is 0 Å². The second-order valence-corrected chi connectivity index (χ2v) is 7.25. The number of nitrogens with zero attached hydrogens (tertiary/aromatic N) is 2. The van der Waals surface area contributed by atoms with E-state index in [1.807, 2.05) is 18.7 Å². The monoisotopic (exact) mass is 290 g/mol. The molecule has 0 atom stereocenters. The van der Waals surface area contributed by atoms with Gasteiger partial charge in [0, 0.05) is 5.75 Å². The summed E-state index contributed by atoms with van der Waals surface area (Å²) in [6.45, 7) is 6.52. The van der Waals surface area contributed by atoms with Gasteiger partial charge in [0.1, 0.15) is 5.01 Å². The molecule has 0 N–H and O–H groups in total. The van der Waals surface area contributed by atoms with E-state index in [1.165, 1.54) is 25.7 Å². The highest BCUT2D eigenvalue weighted by Gasteiger charge is 2.27. The first-order chi connectivity index (χ1) is 8.15. The van der Waals surface area contributed by atoms with Gasteiger partial charge < -0.3 is 0 Å². The van der Waals surface area contributed by atoms with Crippen LogP contribution < -0.4 is 0 Å². The Bertz CT molecular complexity index is 319. The standard InChI is InChI=1S/C12H22N2S3/c1-4-6-12(8-15,7-5-2)9-16-11-14-13-10(3)17-11/h15H,4-9H2,1-3H3. The second-order valence-electron chi connectivity index (χ2n) is 4.53. The largest absolute Gasteiger partial charge is 0.179 e. The van der Waals surface area contributed by atoms with Crippen LogP contribution in [0.25, 0.3) is 0 Å². The van der Waals surface area contributed by atoms with Gasteiger partial charge in [0.25, 0.3) is 0 Å². The molecule has 0 aliphatic rings. The third-order valence-corrected chi connectivity index (χ3v) is 5.90. The van der Waals surface area contributed by atoms with Crippen LogP contribution in [0.3, 0.4) is 0 Å². The molecule has 0 saturated carbocycles. The van der Waals surface area contributed by atoms with Gasteiger partial charge in [-0.3, -0.25) is 0 Å². The van der Waals surface area contributed by atoms with E-state index in [0.717, 1.165) is 20.9 Å². The molecule has 98 valence electrons. The van der Waals surface area contributed by atoms with Crippen molar-refractivity contribution in [1.82, 2.24) is 10.2 Å². The number of thioether (sulfide) groups is 1. The first-order valence-corrected chi connectivity index (χ1v) is 8.63. The molecule has 0 fully saturated rings. The SMILES string of the molecule is CCCC(CS)(CCC)CSc1nnc(C)s1. The number of hydrogen-bond acceptors (Lipinski definition) is 5. The van der Waals surface area contributed by atoms with Crippen molar-refractivity contribution in [1.29, 1.82) is 0 Å². The molecule has 1 heterocycles. The van der Waals surface area contributed by atoms with Gasteiger partial charge in [-0.15, -0.1) is 10.2 Å². The minimum Gasteiger partial charge on any atom is -0.179 e. The van der Waals surface area contributed by atoms with Gasteiger partial charge in [0.05, 0.1) is 0 Å². The summed E-state index contributed by atoms with van der Waals surface area (Å²) in [5, 5.41) is 9.29. The molecule has 1 aromatic rings. The van der Waals surface area contributed by atoms with Crippen LogP contribution in [0.15, 0.2) is 4.34 Å². The fraction of sp³-hybridized carbons (Fsp3) is 0.833. The van der Waals surface area contributed by atoms with E-state index in [9.17, 15) is 0 Å². The first-order valence-electron chi connectivity index (χ1n) is 6.19. The molecule has 0 spiro atoms. The van der Waals surface area contributed by atoms with Crippen molar-refractivity contribution in [3.05, 3.63) is 5.01 Å². The molecule has 1 rings (SSSR count). The van der Waals surface area contributed by atoms with E-state index in [-0.39, 0.29) is 0 Å². The van der Waals surface area contributed by atoms with E-state index in [0.29, 0.717) is 5.41 Å². The predicted molar refractivity (Wildman–Crippen MR) is 81.5 cm³/mol. The molecule has 1 aromatic heterocycles. The lowest BCUT2D eigenvalue weighted by atomic mass is 9.83. The van der Waals surface area contributed by atoms with Crippen LogP contribution in [0, 0.1) is 12.3 Å². The fourth-order valence-electron chi connectivity index (χ4n) is 2.09. The molecule has 0 bridgehead atoms. The smallest absolute Gasteiger partial charge is 0.174 e. The van der Waals surface area contributed by atoms with E-state index in [4.69, 9.17) is 0 Å². The minimum atomic E-state index is 0.372. The highest BCUT2D eigenvalue weighted by molar-refractivity contribution is 8.01. The average Bonchev–Trinajstić information content (AvgIpc) is 2.73. The molecule has 0 amide bonds. The first kappa shape index (κ1) is 15.3. The molecule has 0 aliphatic heterocycles. The zero-order valence-electron chi connectivity index (χ0n) is 10.9. The summed E-state index contributed by atoms with van der Waals surface area (Å²) in [5.74, 6) is 2.09. The fourth-order valence-corrected chi connectivity index (χ4v) is 4.77. The van der Waals surface area contributed by atoms with Crippen molar-refractivity contribution >= 4 is 35.7 Å². The Morgan fingerprint density at radius 1 is 1.24 bits per heavy atom. The zero-order chi connectivity index (χ0) is 12.7. The maximum atomic E-state index is 4.58. The van der Waals surface area contributed by atoms with Gasteiger partial charge in [0.15, 0.2) is 4.34 Å². The van der Waals surface area contributed by atoms with Crippen molar-refractivity contribution in [3.8, 4) is 0 Å². The third kappa shape index (κ3) is 4.79. The average molecular weight is 291 g/mol. The predicted octanol–water partition coefficient (Wildman–Crippen LogP) is 4.46. The Balaban J connectivity index is 2.59. The number of rotatable bonds is 8. The molecule has 0 aliphatic carbocycles. The minimum absolute atomic E-state index is 0.372. The Labute approximate surface area is 118 Å². The van der Waals surface area contributed by atoms with E-state index >= 15 is 0 Å². The molecule has 0 saturated heterocycles. The Hall–Kier alpha value is 0.260. The van der Waals surface area contributed by atoms with E-state index in [2.05, 4.69) is 36.7 Å². The third-order valence-electron chi connectivity index (χ3n) is 2.91. The Morgan fingerprint density at radius 2 is 1.88 bits per heavy atom. The van der Waals surface area contributed by atoms with Crippen LogP contribution in [0.1, 0.15) is 44.5 Å². The van der Waals surface area contributed by atoms with Crippen LogP contribution in [0.5, 0.6) is 0 Å². The highest BCUT2D eigenvalue weighted by Crippen LogP contribution is 2.37. The molecule has 17 heavy (non-hydrogen) atoms. The summed E-state index contributed by atoms with van der Waals surface area (Å²) in [7, 11) is 0. The summed E-state index contributed by atoms with van der Waals surface area (Å²) >= 11 is 8.11. The zero-order valence-corrected chi connectivity index (χ0v) is 13.4. The van der Waals surface area contributed by atoms with Gasteiger partial charge in [-0.2, -0.15) is 12.6 Å². The van der Waals surface area contributed by atoms with Crippen LogP contribution in [0.2, 0.25) is 0 Å². The van der Waals surface area contributed by atoms with Crippen LogP contribution in [-0.4, -0.2) is 21.7 Å². The van der Waals surface area contributed by atoms with Gasteiger partial charge >= 0.3 is 0 Å². The van der Waals surface area contributed by atoms with Crippen molar-refractivity contribution in [2.24, 2.45) is 5.41 Å². The normalized spacial score (nSPS) is 12.0. The van der Waals surface area contributed by atoms with Crippen molar-refractivity contribution in [3.63, 3.8) is 0 Å². The topological polar surface area (TPSA) is 25.8 Å². The molecule has 2 nitrogen and oxygen atoms in total. The van der Waals surface area contributed by atoms with Gasteiger partial charge in [-0.25, -0.2) is 0 Å². The van der Waals surface area contributed by atoms with Crippen LogP contribution in [-0.2, 0) is 0 Å². The summed E-state index contributed by atoms with van der Waals surface area (Å²) in [5.41, 5.74) is 0.372. The summed E-state index contributed by atoms with van der Waals surface area (Å²) in [4.78, 5) is 0. The van der Waals surface area contributed by atoms with Crippen molar-refractivity contribution in [2.45, 2.75) is 50.8 Å². The lowest BCUT2D eigenvalue weighted by Gasteiger charge is -2.31. The molecular weight excluding hydrogens is 268 g/mol. The lowest BCUT2D eigenvalue weighted by Crippen LogP contribution is -2.25. The van der Waals surface area contributed by atoms with Crippen LogP contribution in [0.4, 0.5) is 0 Å². The highest BCUT2D eigenvalue weighted by atomic mass is 32.2. The number of aryl methyl sites for hydroxylation is 1. The quantitative estimate of drug-likeness (QED) is 0.565. The number of aromatic nitrogens is 2. The molecular formula is C12H22N2S3. The maximum Gasteiger partial charge on any atom is 0.174 e. The molecule has 5 heteroatoms. The summed E-state index contributed by atoms with van der Waals surface area (Å²) in [6, 6.07) is 0. The van der Waals surface area contributed by atoms with Crippen LogP contribution >= 0.6 is 35.7 Å². The Morgan fingerprint density at radius 3 is 2.29 bits per heavy atom. The van der Waals surface area contributed by atoms with Crippen molar-refractivity contribution in [2.75, 3.05) is 11.5 Å². The Kier molecular flexibility index (Phi) is 6.89.